The molecule has 1 aliphatic carbocycles. The van der Waals surface area contributed by atoms with Gasteiger partial charge in [0.25, 0.3) is 10.0 Å². The first kappa shape index (κ1) is 20.3. The van der Waals surface area contributed by atoms with Crippen LogP contribution in [0, 0.1) is 11.6 Å². The summed E-state index contributed by atoms with van der Waals surface area (Å²) < 4.78 is 53.7. The van der Waals surface area contributed by atoms with Gasteiger partial charge in [-0.05, 0) is 87.4 Å². The predicted octanol–water partition coefficient (Wildman–Crippen LogP) is 4.89. The van der Waals surface area contributed by atoms with Crippen LogP contribution in [0.1, 0.15) is 50.5 Å². The number of halogens is 2. The number of benzene rings is 2. The molecule has 2 aromatic carbocycles. The fraction of sp³-hybridized carbons (Fsp3) is 0.455. The van der Waals surface area contributed by atoms with E-state index in [4.69, 9.17) is 0 Å². The average molecular weight is 421 g/mol. The fourth-order valence-corrected chi connectivity index (χ4v) is 5.81. The fourth-order valence-electron chi connectivity index (χ4n) is 4.74. The predicted molar refractivity (Wildman–Crippen MR) is 109 cm³/mol. The monoisotopic (exact) mass is 420 g/mol. The van der Waals surface area contributed by atoms with Crippen LogP contribution in [-0.2, 0) is 10.0 Å². The van der Waals surface area contributed by atoms with Crippen molar-refractivity contribution in [3.8, 4) is 0 Å². The molecule has 29 heavy (non-hydrogen) atoms. The molecule has 0 bridgehead atoms. The Kier molecular flexibility index (Phi) is 5.62. The van der Waals surface area contributed by atoms with Gasteiger partial charge in [0.2, 0.25) is 0 Å². The number of anilines is 1. The van der Waals surface area contributed by atoms with Crippen molar-refractivity contribution < 1.29 is 17.2 Å². The number of nitrogens with zero attached hydrogens (tertiary/aromatic N) is 1. The molecule has 1 aliphatic heterocycles. The Morgan fingerprint density at radius 1 is 1.00 bits per heavy atom. The van der Waals surface area contributed by atoms with Gasteiger partial charge in [-0.2, -0.15) is 0 Å². The van der Waals surface area contributed by atoms with Gasteiger partial charge < -0.3 is 0 Å². The van der Waals surface area contributed by atoms with Crippen LogP contribution in [0.2, 0.25) is 0 Å². The summed E-state index contributed by atoms with van der Waals surface area (Å²) in [6.45, 7) is 3.51. The van der Waals surface area contributed by atoms with E-state index in [1.807, 2.05) is 12.1 Å². The van der Waals surface area contributed by atoms with Gasteiger partial charge in [0.15, 0.2) is 11.6 Å². The van der Waals surface area contributed by atoms with E-state index in [1.54, 1.807) is 12.1 Å². The van der Waals surface area contributed by atoms with Gasteiger partial charge in [0, 0.05) is 17.8 Å². The molecular formula is C22H26F2N2O2S. The van der Waals surface area contributed by atoms with E-state index in [2.05, 4.69) is 16.5 Å². The van der Waals surface area contributed by atoms with E-state index in [0.717, 1.165) is 25.0 Å². The number of nitrogens with one attached hydrogen (secondary N) is 1. The second kappa shape index (κ2) is 8.03. The quantitative estimate of drug-likeness (QED) is 0.750. The van der Waals surface area contributed by atoms with Crippen LogP contribution >= 0.6 is 0 Å². The van der Waals surface area contributed by atoms with Gasteiger partial charge in [0.1, 0.15) is 0 Å². The third-order valence-corrected chi connectivity index (χ3v) is 7.69. The molecule has 2 aromatic rings. The molecule has 156 valence electrons. The third-order valence-electron chi connectivity index (χ3n) is 6.31. The normalized spacial score (nSPS) is 25.4. The summed E-state index contributed by atoms with van der Waals surface area (Å²) in [5, 5.41) is 0. The van der Waals surface area contributed by atoms with Crippen LogP contribution in [0.15, 0.2) is 47.4 Å². The van der Waals surface area contributed by atoms with Crippen molar-refractivity contribution in [1.29, 1.82) is 0 Å². The third kappa shape index (κ3) is 4.31. The summed E-state index contributed by atoms with van der Waals surface area (Å²) >= 11 is 0. The molecule has 1 saturated carbocycles. The Hall–Kier alpha value is -1.99. The van der Waals surface area contributed by atoms with Crippen LogP contribution < -0.4 is 4.72 Å². The topological polar surface area (TPSA) is 49.4 Å². The summed E-state index contributed by atoms with van der Waals surface area (Å²) in [6.07, 6.45) is 6.07. The number of hydrogen-bond donors (Lipinski definition) is 1. The minimum atomic E-state index is -3.97. The number of rotatable bonds is 5. The second-order valence-corrected chi connectivity index (χ2v) is 9.88. The van der Waals surface area contributed by atoms with Crippen LogP contribution in [0.25, 0.3) is 0 Å². The maximum atomic E-state index is 13.4. The molecule has 2 aliphatic rings. The van der Waals surface area contributed by atoms with Crippen molar-refractivity contribution in [1.82, 2.24) is 4.90 Å². The molecule has 1 heterocycles. The van der Waals surface area contributed by atoms with Crippen molar-refractivity contribution in [3.05, 3.63) is 59.7 Å². The lowest BCUT2D eigenvalue weighted by molar-refractivity contribution is 0.191. The van der Waals surface area contributed by atoms with Gasteiger partial charge in [-0.15, -0.1) is 0 Å². The molecule has 1 N–H and O–H groups in total. The standard InChI is InChI=1S/C22H26F2N2O2S/c1-15-3-2-12-26(15)19-9-6-17(13-19)16-4-7-18(8-5-16)25-29(27,28)20-10-11-21(23)22(24)14-20/h4-5,7-8,10-11,14-15,17,19,25H,2-3,6,9,12-13H2,1H3/t15-,17-,19?/m0/s1. The Morgan fingerprint density at radius 3 is 2.41 bits per heavy atom. The van der Waals surface area contributed by atoms with E-state index in [9.17, 15) is 17.2 Å². The van der Waals surface area contributed by atoms with Gasteiger partial charge in [0.05, 0.1) is 4.90 Å². The smallest absolute Gasteiger partial charge is 0.261 e. The molecule has 3 atom stereocenters. The van der Waals surface area contributed by atoms with Crippen LogP contribution in [0.3, 0.4) is 0 Å². The van der Waals surface area contributed by atoms with Crippen molar-refractivity contribution in [2.75, 3.05) is 11.3 Å². The van der Waals surface area contributed by atoms with Crippen molar-refractivity contribution >= 4 is 15.7 Å². The van der Waals surface area contributed by atoms with Crippen molar-refractivity contribution in [2.45, 2.75) is 61.9 Å². The summed E-state index contributed by atoms with van der Waals surface area (Å²) in [5.74, 6) is -1.78. The molecule has 1 unspecified atom stereocenters. The highest BCUT2D eigenvalue weighted by Gasteiger charge is 2.34. The van der Waals surface area contributed by atoms with Gasteiger partial charge >= 0.3 is 0 Å². The summed E-state index contributed by atoms with van der Waals surface area (Å²) in [4.78, 5) is 2.34. The highest BCUT2D eigenvalue weighted by atomic mass is 32.2. The van der Waals surface area contributed by atoms with E-state index >= 15 is 0 Å². The van der Waals surface area contributed by atoms with Crippen LogP contribution in [0.4, 0.5) is 14.5 Å². The molecule has 4 rings (SSSR count). The highest BCUT2D eigenvalue weighted by Crippen LogP contribution is 2.39. The molecule has 4 nitrogen and oxygen atoms in total. The Bertz CT molecular complexity index is 979. The van der Waals surface area contributed by atoms with Crippen molar-refractivity contribution in [2.24, 2.45) is 0 Å². The number of likely N-dealkylation sites (tertiary alicyclic amines) is 1. The zero-order valence-electron chi connectivity index (χ0n) is 16.4. The van der Waals surface area contributed by atoms with E-state index in [1.165, 1.54) is 31.4 Å². The molecule has 7 heteroatoms. The minimum absolute atomic E-state index is 0.307. The SMILES string of the molecule is C[C@H]1CCCN1C1CC[C@H](c2ccc(NS(=O)(=O)c3ccc(F)c(F)c3)cc2)C1. The Balaban J connectivity index is 1.42. The molecule has 0 spiro atoms. The zero-order valence-corrected chi connectivity index (χ0v) is 17.3. The minimum Gasteiger partial charge on any atom is -0.298 e. The zero-order chi connectivity index (χ0) is 20.6. The lowest BCUT2D eigenvalue weighted by atomic mass is 9.97. The molecule has 0 aromatic heterocycles. The van der Waals surface area contributed by atoms with E-state index in [0.29, 0.717) is 29.8 Å². The van der Waals surface area contributed by atoms with E-state index < -0.39 is 21.7 Å². The number of sulfonamides is 1. The molecule has 2 fully saturated rings. The highest BCUT2D eigenvalue weighted by molar-refractivity contribution is 7.92. The lowest BCUT2D eigenvalue weighted by Gasteiger charge is -2.28. The van der Waals surface area contributed by atoms with E-state index in [-0.39, 0.29) is 4.90 Å². The first-order chi connectivity index (χ1) is 13.8. The number of hydrogen-bond acceptors (Lipinski definition) is 3. The lowest BCUT2D eigenvalue weighted by Crippen LogP contribution is -2.35. The second-order valence-electron chi connectivity index (χ2n) is 8.20. The average Bonchev–Trinajstić information content (AvgIpc) is 3.33. The largest absolute Gasteiger partial charge is 0.298 e. The van der Waals surface area contributed by atoms with Crippen molar-refractivity contribution in [3.63, 3.8) is 0 Å². The maximum absolute atomic E-state index is 13.4. The molecule has 1 saturated heterocycles. The maximum Gasteiger partial charge on any atom is 0.261 e. The first-order valence-electron chi connectivity index (χ1n) is 10.2. The summed E-state index contributed by atoms with van der Waals surface area (Å²) in [6, 6.07) is 11.3. The van der Waals surface area contributed by atoms with Gasteiger partial charge in [-0.1, -0.05) is 12.1 Å². The van der Waals surface area contributed by atoms with Crippen LogP contribution in [0.5, 0.6) is 0 Å². The first-order valence-corrected chi connectivity index (χ1v) is 11.7. The summed E-state index contributed by atoms with van der Waals surface area (Å²) in [7, 11) is -3.97. The van der Waals surface area contributed by atoms with Gasteiger partial charge in [-0.25, -0.2) is 17.2 Å². The molecule has 0 amide bonds. The molecular weight excluding hydrogens is 394 g/mol. The summed E-state index contributed by atoms with van der Waals surface area (Å²) in [5.41, 5.74) is 1.62. The van der Waals surface area contributed by atoms with Gasteiger partial charge in [-0.3, -0.25) is 9.62 Å². The molecule has 0 radical (unpaired) electrons. The van der Waals surface area contributed by atoms with Crippen LogP contribution in [-0.4, -0.2) is 31.9 Å². The Morgan fingerprint density at radius 2 is 1.76 bits per heavy atom. The Labute approximate surface area is 171 Å².